The Balaban J connectivity index is 1.70. The summed E-state index contributed by atoms with van der Waals surface area (Å²) in [6.45, 7) is 2.23. The second-order valence-corrected chi connectivity index (χ2v) is 6.15. The van der Waals surface area contributed by atoms with E-state index in [1.807, 2.05) is 6.07 Å². The quantitative estimate of drug-likeness (QED) is 0.734. The number of fused-ring (bicyclic) bond motifs is 1. The number of aliphatic hydroxyl groups is 1. The molecule has 1 fully saturated rings. The van der Waals surface area contributed by atoms with Crippen LogP contribution in [0.2, 0.25) is 0 Å². The molecular weight excluding hydrogens is 342 g/mol. The molecule has 9 heteroatoms. The van der Waals surface area contributed by atoms with Gasteiger partial charge in [0.25, 0.3) is 6.43 Å². The molecule has 26 heavy (non-hydrogen) atoms. The lowest BCUT2D eigenvalue weighted by Gasteiger charge is -2.33. The van der Waals surface area contributed by atoms with Crippen molar-refractivity contribution in [2.45, 2.75) is 12.5 Å². The summed E-state index contributed by atoms with van der Waals surface area (Å²) >= 11 is 0. The fourth-order valence-corrected chi connectivity index (χ4v) is 3.11. The summed E-state index contributed by atoms with van der Waals surface area (Å²) in [5, 5.41) is 16.6. The number of aromatic nitrogens is 4. The van der Waals surface area contributed by atoms with Crippen molar-refractivity contribution in [2.24, 2.45) is 0 Å². The van der Waals surface area contributed by atoms with Gasteiger partial charge in [-0.1, -0.05) is 0 Å². The highest BCUT2D eigenvalue weighted by Gasteiger charge is 2.20. The Bertz CT molecular complexity index is 915. The smallest absolute Gasteiger partial charge is 0.282 e. The number of pyridine rings is 1. The van der Waals surface area contributed by atoms with Crippen molar-refractivity contribution in [3.63, 3.8) is 0 Å². The lowest BCUT2D eigenvalue weighted by molar-refractivity contribution is 0.144. The highest BCUT2D eigenvalue weighted by atomic mass is 19.3. The third-order valence-electron chi connectivity index (χ3n) is 4.45. The van der Waals surface area contributed by atoms with Crippen LogP contribution in [0.4, 0.5) is 14.6 Å². The first-order valence-corrected chi connectivity index (χ1v) is 8.34. The molecule has 0 aliphatic carbocycles. The third-order valence-corrected chi connectivity index (χ3v) is 4.45. The van der Waals surface area contributed by atoms with Gasteiger partial charge in [-0.05, 0) is 24.3 Å². The minimum absolute atomic E-state index is 0.000250. The number of piperazine rings is 1. The maximum Gasteiger partial charge on any atom is 0.282 e. The SMILES string of the molecule is OC[C@@H]1CN(c2cc(-c3cnc4ccc(C(F)F)nn34)ccn2)CCN1. The van der Waals surface area contributed by atoms with Gasteiger partial charge in [-0.3, -0.25) is 0 Å². The van der Waals surface area contributed by atoms with Crippen LogP contribution >= 0.6 is 0 Å². The van der Waals surface area contributed by atoms with Crippen LogP contribution in [-0.2, 0) is 0 Å². The van der Waals surface area contributed by atoms with Crippen LogP contribution in [-0.4, -0.2) is 57.0 Å². The number of anilines is 1. The molecule has 0 bridgehead atoms. The van der Waals surface area contributed by atoms with E-state index in [1.54, 1.807) is 18.5 Å². The van der Waals surface area contributed by atoms with Gasteiger partial charge in [0, 0.05) is 37.4 Å². The minimum atomic E-state index is -2.64. The van der Waals surface area contributed by atoms with Crippen LogP contribution in [0.15, 0.2) is 36.7 Å². The van der Waals surface area contributed by atoms with E-state index < -0.39 is 6.43 Å². The highest BCUT2D eigenvalue weighted by Crippen LogP contribution is 2.25. The van der Waals surface area contributed by atoms with Crippen LogP contribution in [0.1, 0.15) is 12.1 Å². The average molecular weight is 360 g/mol. The number of hydrogen-bond acceptors (Lipinski definition) is 6. The third kappa shape index (κ3) is 3.11. The second-order valence-electron chi connectivity index (χ2n) is 6.15. The lowest BCUT2D eigenvalue weighted by Crippen LogP contribution is -2.52. The normalized spacial score (nSPS) is 18.0. The molecule has 0 amide bonds. The molecule has 2 N–H and O–H groups in total. The predicted octanol–water partition coefficient (Wildman–Crippen LogP) is 1.50. The Labute approximate surface area is 148 Å². The number of aliphatic hydroxyl groups excluding tert-OH is 1. The molecule has 0 spiro atoms. The molecule has 4 heterocycles. The molecule has 1 saturated heterocycles. The molecule has 1 atom stereocenters. The van der Waals surface area contributed by atoms with E-state index in [2.05, 4.69) is 25.3 Å². The summed E-state index contributed by atoms with van der Waals surface area (Å²) in [4.78, 5) is 10.7. The molecular formula is C17H18F2N6O. The van der Waals surface area contributed by atoms with Crippen molar-refractivity contribution >= 4 is 11.5 Å². The largest absolute Gasteiger partial charge is 0.395 e. The van der Waals surface area contributed by atoms with Gasteiger partial charge in [0.05, 0.1) is 18.5 Å². The maximum absolute atomic E-state index is 13.0. The summed E-state index contributed by atoms with van der Waals surface area (Å²) in [5.74, 6) is 0.766. The zero-order chi connectivity index (χ0) is 18.1. The van der Waals surface area contributed by atoms with Crippen LogP contribution in [0.3, 0.4) is 0 Å². The highest BCUT2D eigenvalue weighted by molar-refractivity contribution is 5.66. The van der Waals surface area contributed by atoms with Crippen molar-refractivity contribution in [3.8, 4) is 11.3 Å². The van der Waals surface area contributed by atoms with Gasteiger partial charge in [-0.15, -0.1) is 0 Å². The van der Waals surface area contributed by atoms with Crippen LogP contribution < -0.4 is 10.2 Å². The predicted molar refractivity (Wildman–Crippen MR) is 92.3 cm³/mol. The Morgan fingerprint density at radius 2 is 2.15 bits per heavy atom. The number of alkyl halides is 2. The van der Waals surface area contributed by atoms with Gasteiger partial charge in [0.15, 0.2) is 5.65 Å². The van der Waals surface area contributed by atoms with Gasteiger partial charge in [0.1, 0.15) is 11.5 Å². The van der Waals surface area contributed by atoms with Crippen LogP contribution in [0, 0.1) is 0 Å². The molecule has 0 unspecified atom stereocenters. The molecule has 136 valence electrons. The molecule has 0 radical (unpaired) electrons. The van der Waals surface area contributed by atoms with Crippen LogP contribution in [0.5, 0.6) is 0 Å². The maximum atomic E-state index is 13.0. The summed E-state index contributed by atoms with van der Waals surface area (Å²) in [6, 6.07) is 6.50. The van der Waals surface area contributed by atoms with Gasteiger partial charge in [-0.2, -0.15) is 5.10 Å². The zero-order valence-electron chi connectivity index (χ0n) is 13.9. The van der Waals surface area contributed by atoms with E-state index in [0.29, 0.717) is 17.9 Å². The molecule has 1 aliphatic rings. The molecule has 7 nitrogen and oxygen atoms in total. The van der Waals surface area contributed by atoms with Gasteiger partial charge < -0.3 is 15.3 Å². The number of imidazole rings is 1. The molecule has 1 aliphatic heterocycles. The Morgan fingerprint density at radius 1 is 1.27 bits per heavy atom. The molecule has 3 aromatic rings. The Morgan fingerprint density at radius 3 is 2.96 bits per heavy atom. The first kappa shape index (κ1) is 16.8. The summed E-state index contributed by atoms with van der Waals surface area (Å²) in [7, 11) is 0. The first-order chi connectivity index (χ1) is 12.7. The lowest BCUT2D eigenvalue weighted by atomic mass is 10.1. The molecule has 4 rings (SSSR count). The van der Waals surface area contributed by atoms with Gasteiger partial charge in [-0.25, -0.2) is 23.3 Å². The van der Waals surface area contributed by atoms with Gasteiger partial charge >= 0.3 is 0 Å². The first-order valence-electron chi connectivity index (χ1n) is 8.34. The molecule has 0 saturated carbocycles. The van der Waals surface area contributed by atoms with E-state index in [0.717, 1.165) is 24.5 Å². The van der Waals surface area contributed by atoms with Crippen LogP contribution in [0.25, 0.3) is 16.9 Å². The standard InChI is InChI=1S/C17H18F2N6O/c18-17(19)13-1-2-15-22-8-14(25(15)23-13)11-3-4-21-16(7-11)24-6-5-20-12(9-24)10-26/h1-4,7-8,12,17,20,26H,5-6,9-10H2/t12-/m0/s1. The number of nitrogens with zero attached hydrogens (tertiary/aromatic N) is 5. The fraction of sp³-hybridized carbons (Fsp3) is 0.353. The molecule has 0 aromatic carbocycles. The van der Waals surface area contributed by atoms with E-state index in [1.165, 1.54) is 16.6 Å². The monoisotopic (exact) mass is 360 g/mol. The Kier molecular flexibility index (Phi) is 4.48. The summed E-state index contributed by atoms with van der Waals surface area (Å²) in [5.41, 5.74) is 1.63. The number of rotatable bonds is 4. The van der Waals surface area contributed by atoms with Gasteiger partial charge in [0.2, 0.25) is 0 Å². The minimum Gasteiger partial charge on any atom is -0.395 e. The number of hydrogen-bond donors (Lipinski definition) is 2. The van der Waals surface area contributed by atoms with E-state index >= 15 is 0 Å². The number of nitrogens with one attached hydrogen (secondary N) is 1. The van der Waals surface area contributed by atoms with E-state index in [9.17, 15) is 13.9 Å². The summed E-state index contributed by atoms with van der Waals surface area (Å²) in [6.07, 6.45) is 0.654. The Hall–Kier alpha value is -2.65. The second kappa shape index (κ2) is 6.93. The van der Waals surface area contributed by atoms with E-state index in [-0.39, 0.29) is 18.3 Å². The topological polar surface area (TPSA) is 78.6 Å². The van der Waals surface area contributed by atoms with Crippen molar-refractivity contribution in [1.82, 2.24) is 24.9 Å². The average Bonchev–Trinajstić information content (AvgIpc) is 3.11. The van der Waals surface area contributed by atoms with E-state index in [4.69, 9.17) is 0 Å². The summed E-state index contributed by atoms with van der Waals surface area (Å²) < 4.78 is 27.4. The molecule has 3 aromatic heterocycles. The fourth-order valence-electron chi connectivity index (χ4n) is 3.11. The van der Waals surface area contributed by atoms with Crippen molar-refractivity contribution in [3.05, 3.63) is 42.4 Å². The van der Waals surface area contributed by atoms with Crippen molar-refractivity contribution in [2.75, 3.05) is 31.1 Å². The number of halogens is 2. The van der Waals surface area contributed by atoms with Crippen molar-refractivity contribution in [1.29, 1.82) is 0 Å². The zero-order valence-corrected chi connectivity index (χ0v) is 13.9. The van der Waals surface area contributed by atoms with Crippen molar-refractivity contribution < 1.29 is 13.9 Å².